The number of aromatic nitrogens is 2. The van der Waals surface area contributed by atoms with Gasteiger partial charge in [0.2, 0.25) is 0 Å². The zero-order chi connectivity index (χ0) is 45.3. The van der Waals surface area contributed by atoms with E-state index >= 15 is 0 Å². The maximum absolute atomic E-state index is 9.84. The summed E-state index contributed by atoms with van der Waals surface area (Å²) in [7, 11) is 1.70. The van der Waals surface area contributed by atoms with E-state index in [9.17, 15) is 5.11 Å². The van der Waals surface area contributed by atoms with Crippen molar-refractivity contribution in [3.05, 3.63) is 198 Å². The number of hydrogen-bond donors (Lipinski definition) is 1. The Bertz CT molecular complexity index is 3630. The number of fused-ring (bicyclic) bond motifs is 13. The summed E-state index contributed by atoms with van der Waals surface area (Å²) in [6.45, 7) is 9.42. The Kier molecular flexibility index (Phi) is 8.65. The number of benzene rings is 9. The molecule has 13 rings (SSSR count). The largest absolute Gasteiger partial charge is 0.497 e. The highest BCUT2D eigenvalue weighted by Crippen LogP contribution is 2.58. The van der Waals surface area contributed by atoms with Crippen molar-refractivity contribution in [2.45, 2.75) is 45.1 Å². The molecule has 2 heterocycles. The second kappa shape index (κ2) is 14.5. The summed E-state index contributed by atoms with van der Waals surface area (Å²) in [6.07, 6.45) is 0. The third-order valence-electron chi connectivity index (χ3n) is 15.0. The average molecular weight is 883 g/mol. The molecule has 4 nitrogen and oxygen atoms in total. The van der Waals surface area contributed by atoms with Crippen molar-refractivity contribution < 1.29 is 9.84 Å². The average Bonchev–Trinajstić information content (AvgIpc) is 3.95. The van der Waals surface area contributed by atoms with Crippen LogP contribution in [-0.2, 0) is 17.4 Å². The Morgan fingerprint density at radius 3 is 1.31 bits per heavy atom. The number of nitrogens with zero attached hydrogens (tertiary/aromatic N) is 2. The molecule has 0 saturated heterocycles. The zero-order valence-corrected chi connectivity index (χ0v) is 38.8. The fourth-order valence-corrected chi connectivity index (χ4v) is 12.7. The first-order valence-electron chi connectivity index (χ1n) is 23.1. The molecule has 67 heavy (non-hydrogen) atoms. The Labute approximate surface area is 393 Å². The molecule has 0 amide bonds. The van der Waals surface area contributed by atoms with Gasteiger partial charge < -0.3 is 9.84 Å². The molecule has 0 unspecified atom stereocenters. The van der Waals surface area contributed by atoms with Crippen molar-refractivity contribution in [3.8, 4) is 71.1 Å². The maximum atomic E-state index is 9.84. The van der Waals surface area contributed by atoms with Crippen LogP contribution >= 0.6 is 11.3 Å². The maximum Gasteiger partial charge on any atom is 0.118 e. The van der Waals surface area contributed by atoms with Crippen LogP contribution in [0.2, 0.25) is 0 Å². The molecule has 2 aliphatic carbocycles. The first-order valence-corrected chi connectivity index (χ1v) is 23.9. The third-order valence-corrected chi connectivity index (χ3v) is 16.2. The minimum absolute atomic E-state index is 0.0102. The molecule has 0 aliphatic heterocycles. The molecule has 2 aromatic heterocycles. The van der Waals surface area contributed by atoms with E-state index in [1.807, 2.05) is 35.6 Å². The van der Waals surface area contributed by atoms with Crippen molar-refractivity contribution in [1.29, 1.82) is 0 Å². The van der Waals surface area contributed by atoms with Crippen LogP contribution in [0.15, 0.2) is 170 Å². The number of rotatable bonds is 6. The van der Waals surface area contributed by atoms with Crippen LogP contribution in [0.25, 0.3) is 109 Å². The van der Waals surface area contributed by atoms with Crippen LogP contribution in [0.1, 0.15) is 55.5 Å². The molecule has 0 radical (unpaired) electrons. The summed E-state index contributed by atoms with van der Waals surface area (Å²) in [5.41, 5.74) is 21.5. The molecule has 11 aromatic rings. The highest BCUT2D eigenvalue weighted by molar-refractivity contribution is 7.21. The van der Waals surface area contributed by atoms with Crippen molar-refractivity contribution in [1.82, 2.24) is 9.97 Å². The number of aliphatic hydroxyl groups is 1. The first kappa shape index (κ1) is 39.9. The van der Waals surface area contributed by atoms with E-state index in [-0.39, 0.29) is 17.4 Å². The second-order valence-electron chi connectivity index (χ2n) is 19.3. The number of methoxy groups -OCH3 is 1. The lowest BCUT2D eigenvalue weighted by Crippen LogP contribution is -2.14. The van der Waals surface area contributed by atoms with Crippen LogP contribution in [0.3, 0.4) is 0 Å². The van der Waals surface area contributed by atoms with Gasteiger partial charge in [0, 0.05) is 32.7 Å². The van der Waals surface area contributed by atoms with E-state index in [1.165, 1.54) is 55.6 Å². The zero-order valence-electron chi connectivity index (χ0n) is 38.0. The number of thiophene rings is 1. The van der Waals surface area contributed by atoms with Gasteiger partial charge in [-0.05, 0) is 107 Å². The van der Waals surface area contributed by atoms with Crippen LogP contribution in [0.4, 0.5) is 0 Å². The van der Waals surface area contributed by atoms with Gasteiger partial charge in [-0.2, -0.15) is 0 Å². The van der Waals surface area contributed by atoms with Gasteiger partial charge in [0.15, 0.2) is 0 Å². The lowest BCUT2D eigenvalue weighted by Gasteiger charge is -2.21. The fourth-order valence-electron chi connectivity index (χ4n) is 11.5. The van der Waals surface area contributed by atoms with Crippen molar-refractivity contribution in [2.24, 2.45) is 0 Å². The summed E-state index contributed by atoms with van der Waals surface area (Å²) >= 11 is 1.83. The number of hydrogen-bond acceptors (Lipinski definition) is 5. The Hall–Kier alpha value is -7.44. The van der Waals surface area contributed by atoms with Gasteiger partial charge in [-0.25, -0.2) is 9.97 Å². The molecule has 5 heteroatoms. The molecule has 0 bridgehead atoms. The van der Waals surface area contributed by atoms with Gasteiger partial charge in [-0.15, -0.1) is 11.3 Å². The molecule has 0 spiro atoms. The van der Waals surface area contributed by atoms with Crippen LogP contribution in [0, 0.1) is 0 Å². The summed E-state index contributed by atoms with van der Waals surface area (Å²) in [6, 6.07) is 61.6. The minimum atomic E-state index is -0.151. The molecule has 0 fully saturated rings. The third kappa shape index (κ3) is 5.75. The minimum Gasteiger partial charge on any atom is -0.497 e. The van der Waals surface area contributed by atoms with E-state index in [4.69, 9.17) is 14.7 Å². The normalized spacial score (nSPS) is 14.1. The van der Waals surface area contributed by atoms with Gasteiger partial charge in [0.1, 0.15) is 16.8 Å². The molecular weight excluding hydrogens is 837 g/mol. The van der Waals surface area contributed by atoms with Gasteiger partial charge in [0.25, 0.3) is 0 Å². The van der Waals surface area contributed by atoms with Gasteiger partial charge in [-0.1, -0.05) is 173 Å². The molecule has 9 aromatic carbocycles. The Morgan fingerprint density at radius 1 is 0.433 bits per heavy atom. The molecular formula is C62H46N2O2S. The smallest absolute Gasteiger partial charge is 0.118 e. The monoisotopic (exact) mass is 882 g/mol. The van der Waals surface area contributed by atoms with E-state index in [2.05, 4.69) is 173 Å². The van der Waals surface area contributed by atoms with Gasteiger partial charge >= 0.3 is 0 Å². The van der Waals surface area contributed by atoms with E-state index < -0.39 is 0 Å². The number of ether oxygens (including phenoxy) is 1. The topological polar surface area (TPSA) is 55.2 Å². The standard InChI is InChI=1S/C62H46N2O2S/c1-61(2)49-16-8-6-12-43(49)53-45(14-10-18-51(53)61)59-57-58(60(67-59)46-15-11-19-52-54(46)44-13-7-9-17-50(44)62(52,3)4)64-56-42-31-27-39(37-24-28-40(66-5)29-25-37)33-48(42)47-32-38(26-30-41(47)55(56)63-57)36-22-20-35(34-65)21-23-36/h6-33,65H,34H2,1-5H3. The summed E-state index contributed by atoms with van der Waals surface area (Å²) in [5, 5.41) is 14.2. The van der Waals surface area contributed by atoms with Crippen molar-refractivity contribution in [3.63, 3.8) is 0 Å². The molecule has 1 N–H and O–H groups in total. The lowest BCUT2D eigenvalue weighted by molar-refractivity contribution is 0.282. The van der Waals surface area contributed by atoms with E-state index in [0.717, 1.165) is 86.9 Å². The van der Waals surface area contributed by atoms with Crippen LogP contribution in [0.5, 0.6) is 5.75 Å². The van der Waals surface area contributed by atoms with Gasteiger partial charge in [-0.3, -0.25) is 0 Å². The van der Waals surface area contributed by atoms with Crippen LogP contribution in [-0.4, -0.2) is 22.2 Å². The highest BCUT2D eigenvalue weighted by Gasteiger charge is 2.39. The van der Waals surface area contributed by atoms with Crippen molar-refractivity contribution >= 4 is 54.9 Å². The Balaban J connectivity index is 1.15. The first-order chi connectivity index (χ1) is 32.6. The van der Waals surface area contributed by atoms with Crippen LogP contribution < -0.4 is 4.74 Å². The van der Waals surface area contributed by atoms with Gasteiger partial charge in [0.05, 0.1) is 34.5 Å². The summed E-state index contributed by atoms with van der Waals surface area (Å²) < 4.78 is 5.53. The van der Waals surface area contributed by atoms with E-state index in [1.54, 1.807) is 7.11 Å². The molecule has 0 atom stereocenters. The summed E-state index contributed by atoms with van der Waals surface area (Å²) in [4.78, 5) is 14.1. The fraction of sp³-hybridized carbons (Fsp3) is 0.129. The second-order valence-corrected chi connectivity index (χ2v) is 20.3. The lowest BCUT2D eigenvalue weighted by atomic mass is 9.82. The summed E-state index contributed by atoms with van der Waals surface area (Å²) in [5.74, 6) is 0.826. The van der Waals surface area contributed by atoms with E-state index in [0.29, 0.717) is 0 Å². The molecule has 0 saturated carbocycles. The highest BCUT2D eigenvalue weighted by atomic mass is 32.1. The predicted octanol–water partition coefficient (Wildman–Crippen LogP) is 15.9. The predicted molar refractivity (Wildman–Crippen MR) is 279 cm³/mol. The molecule has 2 aliphatic rings. The molecule has 322 valence electrons. The SMILES string of the molecule is COc1ccc(-c2ccc3c(c2)c2cc(-c4ccc(CO)cc4)ccc2c2nc4c(-c5cccc6c5-c5ccccc5C6(C)C)sc(-c5cccc6c5-c5ccccc5C6(C)C)c4nc32)cc1. The number of aliphatic hydroxyl groups excluding tert-OH is 1. The Morgan fingerprint density at radius 2 is 0.851 bits per heavy atom. The quantitative estimate of drug-likeness (QED) is 0.169. The van der Waals surface area contributed by atoms with Crippen molar-refractivity contribution in [2.75, 3.05) is 7.11 Å².